The molecule has 0 atom stereocenters. The molecule has 0 bridgehead atoms. The van der Waals surface area contributed by atoms with Crippen LogP contribution in [-0.2, 0) is 6.18 Å². The van der Waals surface area contributed by atoms with Crippen molar-refractivity contribution < 1.29 is 31.5 Å². The van der Waals surface area contributed by atoms with Gasteiger partial charge in [0.05, 0.1) is 11.3 Å². The molecule has 1 aliphatic rings. The van der Waals surface area contributed by atoms with Gasteiger partial charge in [-0.15, -0.1) is 0 Å². The van der Waals surface area contributed by atoms with E-state index in [4.69, 9.17) is 4.74 Å². The maximum Gasteiger partial charge on any atom is 0.421 e. The second kappa shape index (κ2) is 8.67. The molecule has 0 saturated carbocycles. The predicted octanol–water partition coefficient (Wildman–Crippen LogP) is 3.96. The van der Waals surface area contributed by atoms with E-state index >= 15 is 0 Å². The van der Waals surface area contributed by atoms with Crippen molar-refractivity contribution in [2.75, 3.05) is 37.6 Å². The lowest BCUT2D eigenvalue weighted by molar-refractivity contribution is -0.137. The van der Waals surface area contributed by atoms with E-state index in [1.807, 2.05) is 0 Å². The SMILES string of the molecule is CNc1nc(Nc2cc(F)c(C(=O)N3CCCC3)cc2OCF)ncc1C(F)(F)F. The van der Waals surface area contributed by atoms with E-state index in [-0.39, 0.29) is 22.9 Å². The quantitative estimate of drug-likeness (QED) is 0.674. The van der Waals surface area contributed by atoms with Crippen LogP contribution in [0.25, 0.3) is 0 Å². The molecular formula is C18H18F5N5O2. The second-order valence-corrected chi connectivity index (χ2v) is 6.41. The zero-order valence-electron chi connectivity index (χ0n) is 15.8. The van der Waals surface area contributed by atoms with E-state index in [0.717, 1.165) is 25.0 Å². The highest BCUT2D eigenvalue weighted by molar-refractivity contribution is 5.96. The van der Waals surface area contributed by atoms with Crippen molar-refractivity contribution in [3.8, 4) is 5.75 Å². The Bertz CT molecular complexity index is 932. The number of aromatic nitrogens is 2. The van der Waals surface area contributed by atoms with Crippen LogP contribution in [0.3, 0.4) is 0 Å². The van der Waals surface area contributed by atoms with Crippen LogP contribution in [0.1, 0.15) is 28.8 Å². The fourth-order valence-electron chi connectivity index (χ4n) is 3.04. The lowest BCUT2D eigenvalue weighted by Gasteiger charge is -2.18. The number of nitrogens with zero attached hydrogens (tertiary/aromatic N) is 3. The fraction of sp³-hybridized carbons (Fsp3) is 0.389. The van der Waals surface area contributed by atoms with E-state index in [2.05, 4.69) is 20.6 Å². The lowest BCUT2D eigenvalue weighted by atomic mass is 10.1. The summed E-state index contributed by atoms with van der Waals surface area (Å²) in [5.41, 5.74) is -1.53. The zero-order chi connectivity index (χ0) is 21.9. The van der Waals surface area contributed by atoms with Gasteiger partial charge in [0.2, 0.25) is 12.8 Å². The first-order valence-electron chi connectivity index (χ1n) is 8.95. The number of ether oxygens (including phenoxy) is 1. The molecule has 1 amide bonds. The van der Waals surface area contributed by atoms with Crippen LogP contribution in [-0.4, -0.2) is 47.8 Å². The highest BCUT2D eigenvalue weighted by Crippen LogP contribution is 2.35. The van der Waals surface area contributed by atoms with Crippen LogP contribution in [0.2, 0.25) is 0 Å². The van der Waals surface area contributed by atoms with Crippen LogP contribution in [0.5, 0.6) is 5.75 Å². The van der Waals surface area contributed by atoms with Gasteiger partial charge in [-0.05, 0) is 18.9 Å². The average Bonchev–Trinajstić information content (AvgIpc) is 3.23. The molecule has 7 nitrogen and oxygen atoms in total. The number of hydrogen-bond acceptors (Lipinski definition) is 6. The molecule has 3 rings (SSSR count). The third-order valence-electron chi connectivity index (χ3n) is 4.48. The van der Waals surface area contributed by atoms with Gasteiger partial charge in [-0.3, -0.25) is 4.79 Å². The number of amides is 1. The van der Waals surface area contributed by atoms with Gasteiger partial charge in [0.25, 0.3) is 5.91 Å². The number of halogens is 5. The Labute approximate surface area is 168 Å². The normalized spacial score (nSPS) is 14.0. The van der Waals surface area contributed by atoms with Crippen molar-refractivity contribution in [1.82, 2.24) is 14.9 Å². The zero-order valence-corrected chi connectivity index (χ0v) is 15.8. The number of alkyl halides is 4. The number of nitrogens with one attached hydrogen (secondary N) is 2. The Morgan fingerprint density at radius 3 is 2.57 bits per heavy atom. The minimum Gasteiger partial charge on any atom is -0.461 e. The topological polar surface area (TPSA) is 79.4 Å². The molecule has 30 heavy (non-hydrogen) atoms. The Morgan fingerprint density at radius 1 is 1.27 bits per heavy atom. The summed E-state index contributed by atoms with van der Waals surface area (Å²) < 4.78 is 71.2. The summed E-state index contributed by atoms with van der Waals surface area (Å²) in [6.45, 7) is -0.291. The standard InChI is InChI=1S/C18H18F5N5O2/c1-24-15-11(18(21,22)23)8-25-17(27-15)26-13-7-12(20)10(6-14(13)30-9-19)16(29)28-4-2-3-5-28/h6-8H,2-5,9H2,1H3,(H2,24,25,26,27). The van der Waals surface area contributed by atoms with Crippen molar-refractivity contribution in [1.29, 1.82) is 0 Å². The maximum absolute atomic E-state index is 14.6. The lowest BCUT2D eigenvalue weighted by Crippen LogP contribution is -2.28. The average molecular weight is 431 g/mol. The van der Waals surface area contributed by atoms with E-state index in [1.165, 1.54) is 11.9 Å². The van der Waals surface area contributed by atoms with Crippen molar-refractivity contribution >= 4 is 23.4 Å². The molecule has 1 aromatic carbocycles. The van der Waals surface area contributed by atoms with Crippen molar-refractivity contribution in [3.63, 3.8) is 0 Å². The predicted molar refractivity (Wildman–Crippen MR) is 98.0 cm³/mol. The number of benzene rings is 1. The number of carbonyl (C=O) groups is 1. The summed E-state index contributed by atoms with van der Waals surface area (Å²) in [7, 11) is 1.25. The van der Waals surface area contributed by atoms with Gasteiger partial charge in [-0.2, -0.15) is 18.2 Å². The number of likely N-dealkylation sites (tertiary alicyclic amines) is 1. The summed E-state index contributed by atoms with van der Waals surface area (Å²) in [4.78, 5) is 21.2. The van der Waals surface area contributed by atoms with E-state index in [9.17, 15) is 26.7 Å². The Balaban J connectivity index is 1.94. The highest BCUT2D eigenvalue weighted by atomic mass is 19.4. The van der Waals surface area contributed by atoms with Gasteiger partial charge in [-0.25, -0.2) is 13.8 Å². The number of carbonyl (C=O) groups excluding carboxylic acids is 1. The molecule has 2 aromatic rings. The van der Waals surface area contributed by atoms with Crippen molar-refractivity contribution in [3.05, 3.63) is 35.3 Å². The van der Waals surface area contributed by atoms with E-state index in [1.54, 1.807) is 0 Å². The Kier molecular flexibility index (Phi) is 6.22. The maximum atomic E-state index is 14.6. The second-order valence-electron chi connectivity index (χ2n) is 6.41. The molecule has 0 aliphatic carbocycles. The Morgan fingerprint density at radius 2 is 1.97 bits per heavy atom. The smallest absolute Gasteiger partial charge is 0.421 e. The minimum absolute atomic E-state index is 0.148. The molecule has 0 unspecified atom stereocenters. The molecule has 1 aliphatic heterocycles. The van der Waals surface area contributed by atoms with Gasteiger partial charge in [0.1, 0.15) is 22.9 Å². The summed E-state index contributed by atoms with van der Waals surface area (Å²) in [5.74, 6) is -2.48. The van der Waals surface area contributed by atoms with Crippen LogP contribution in [0, 0.1) is 5.82 Å². The van der Waals surface area contributed by atoms with Crippen LogP contribution < -0.4 is 15.4 Å². The third-order valence-corrected chi connectivity index (χ3v) is 4.48. The van der Waals surface area contributed by atoms with Gasteiger partial charge in [0, 0.05) is 32.4 Å². The number of anilines is 3. The summed E-state index contributed by atoms with van der Waals surface area (Å²) in [6, 6.07) is 1.93. The third kappa shape index (κ3) is 4.52. The molecule has 2 heterocycles. The van der Waals surface area contributed by atoms with E-state index in [0.29, 0.717) is 19.3 Å². The molecule has 2 N–H and O–H groups in total. The van der Waals surface area contributed by atoms with E-state index < -0.39 is 36.1 Å². The van der Waals surface area contributed by atoms with Crippen LogP contribution in [0.4, 0.5) is 39.4 Å². The van der Waals surface area contributed by atoms with Crippen LogP contribution in [0.15, 0.2) is 18.3 Å². The first-order chi connectivity index (χ1) is 14.2. The summed E-state index contributed by atoms with van der Waals surface area (Å²) >= 11 is 0. The largest absolute Gasteiger partial charge is 0.461 e. The van der Waals surface area contributed by atoms with Crippen LogP contribution >= 0.6 is 0 Å². The Hall–Kier alpha value is -3.18. The molecular weight excluding hydrogens is 413 g/mol. The van der Waals surface area contributed by atoms with Crippen molar-refractivity contribution in [2.24, 2.45) is 0 Å². The van der Waals surface area contributed by atoms with Crippen molar-refractivity contribution in [2.45, 2.75) is 19.0 Å². The molecule has 1 fully saturated rings. The molecule has 12 heteroatoms. The minimum atomic E-state index is -4.68. The summed E-state index contributed by atoms with van der Waals surface area (Å²) in [6.07, 6.45) is -2.51. The number of hydrogen-bond donors (Lipinski definition) is 2. The first-order valence-corrected chi connectivity index (χ1v) is 8.95. The number of rotatable bonds is 6. The molecule has 1 saturated heterocycles. The molecule has 0 radical (unpaired) electrons. The van der Waals surface area contributed by atoms with Gasteiger partial charge in [-0.1, -0.05) is 0 Å². The summed E-state index contributed by atoms with van der Waals surface area (Å²) in [5, 5.41) is 4.81. The first kappa shape index (κ1) is 21.5. The molecule has 162 valence electrons. The highest BCUT2D eigenvalue weighted by Gasteiger charge is 2.35. The molecule has 0 spiro atoms. The van der Waals surface area contributed by atoms with Gasteiger partial charge < -0.3 is 20.3 Å². The molecule has 1 aromatic heterocycles. The van der Waals surface area contributed by atoms with Gasteiger partial charge in [0.15, 0.2) is 0 Å². The fourth-order valence-corrected chi connectivity index (χ4v) is 3.04. The monoisotopic (exact) mass is 431 g/mol. The van der Waals surface area contributed by atoms with Gasteiger partial charge >= 0.3 is 6.18 Å².